The first kappa shape index (κ1) is 14.8. The van der Waals surface area contributed by atoms with Crippen LogP contribution in [0.5, 0.6) is 0 Å². The Labute approximate surface area is 131 Å². The Morgan fingerprint density at radius 3 is 2.55 bits per heavy atom. The zero-order valence-electron chi connectivity index (χ0n) is 12.4. The minimum Gasteiger partial charge on any atom is -0.238 e. The number of nitrogens with zero attached hydrogens (tertiary/aromatic N) is 2. The van der Waals surface area contributed by atoms with E-state index in [-0.39, 0.29) is 4.90 Å². The second-order valence-corrected chi connectivity index (χ2v) is 7.08. The van der Waals surface area contributed by atoms with E-state index in [9.17, 15) is 8.42 Å². The average Bonchev–Trinajstić information content (AvgIpc) is 2.86. The van der Waals surface area contributed by atoms with Gasteiger partial charge in [0.15, 0.2) is 5.65 Å². The van der Waals surface area contributed by atoms with Gasteiger partial charge in [-0.3, -0.25) is 0 Å². The summed E-state index contributed by atoms with van der Waals surface area (Å²) in [4.78, 5) is 4.46. The number of hydrogen-bond donors (Lipinski definition) is 0. The van der Waals surface area contributed by atoms with Crippen molar-refractivity contribution >= 4 is 34.4 Å². The average molecular weight is 310 g/mol. The molecule has 0 bridgehead atoms. The van der Waals surface area contributed by atoms with Crippen LogP contribution in [-0.4, -0.2) is 25.2 Å². The van der Waals surface area contributed by atoms with Crippen LogP contribution in [0.3, 0.4) is 0 Å². The number of fused-ring (bicyclic) bond motifs is 1. The fourth-order valence-electron chi connectivity index (χ4n) is 2.45. The minimum absolute atomic E-state index is 0.247. The maximum atomic E-state index is 12.9. The number of aromatic nitrogens is 2. The summed E-state index contributed by atoms with van der Waals surface area (Å²) in [7, 11) is 2.10. The maximum absolute atomic E-state index is 12.9. The Bertz CT molecular complexity index is 944. The highest BCUT2D eigenvalue weighted by molar-refractivity contribution is 7.90. The van der Waals surface area contributed by atoms with Crippen molar-refractivity contribution in [3.05, 3.63) is 53.9 Å². The Kier molecular flexibility index (Phi) is 3.57. The molecule has 2 aromatic heterocycles. The molecule has 0 fully saturated rings. The normalized spacial score (nSPS) is 11.9. The van der Waals surface area contributed by atoms with Gasteiger partial charge < -0.3 is 0 Å². The lowest BCUT2D eigenvalue weighted by Crippen LogP contribution is -2.13. The third-order valence-electron chi connectivity index (χ3n) is 3.67. The van der Waals surface area contributed by atoms with Gasteiger partial charge in [-0.2, -0.15) is 0 Å². The van der Waals surface area contributed by atoms with Crippen molar-refractivity contribution in [2.45, 2.75) is 25.2 Å². The van der Waals surface area contributed by atoms with E-state index in [4.69, 9.17) is 7.85 Å². The minimum atomic E-state index is -3.67. The molecule has 0 saturated heterocycles. The summed E-state index contributed by atoms with van der Waals surface area (Å²) in [6.07, 6.45) is 3.81. The van der Waals surface area contributed by atoms with Crippen LogP contribution >= 0.6 is 0 Å². The van der Waals surface area contributed by atoms with Crippen LogP contribution in [0.2, 0.25) is 0 Å². The maximum Gasteiger partial charge on any atom is 0.269 e. The monoisotopic (exact) mass is 310 g/mol. The molecule has 0 unspecified atom stereocenters. The Hall–Kier alpha value is -2.08. The molecule has 2 radical (unpaired) electrons. The quantitative estimate of drug-likeness (QED) is 0.695. The van der Waals surface area contributed by atoms with Crippen LogP contribution in [0, 0.1) is 6.92 Å². The molecule has 0 aliphatic carbocycles. The first-order valence-corrected chi connectivity index (χ1v) is 8.45. The SMILES string of the molecule is [B]c1cnc2c(c1)c(CC)cn2S(=O)(=O)c1ccc(C)cc1. The van der Waals surface area contributed by atoms with Crippen LogP contribution in [0.1, 0.15) is 18.1 Å². The molecular weight excluding hydrogens is 295 g/mol. The van der Waals surface area contributed by atoms with E-state index in [0.717, 1.165) is 16.5 Å². The number of aryl methyl sites for hydroxylation is 2. The fourth-order valence-corrected chi connectivity index (χ4v) is 3.79. The van der Waals surface area contributed by atoms with Gasteiger partial charge in [-0.1, -0.05) is 36.1 Å². The van der Waals surface area contributed by atoms with Gasteiger partial charge in [0.05, 0.1) is 4.90 Å². The molecule has 110 valence electrons. The van der Waals surface area contributed by atoms with Gasteiger partial charge in [0, 0.05) is 17.8 Å². The van der Waals surface area contributed by atoms with E-state index in [1.54, 1.807) is 36.5 Å². The van der Waals surface area contributed by atoms with Crippen molar-refractivity contribution in [1.29, 1.82) is 0 Å². The highest BCUT2D eigenvalue weighted by Crippen LogP contribution is 2.24. The van der Waals surface area contributed by atoms with E-state index < -0.39 is 10.0 Å². The summed E-state index contributed by atoms with van der Waals surface area (Å²) in [5, 5.41) is 0.776. The zero-order chi connectivity index (χ0) is 15.9. The van der Waals surface area contributed by atoms with E-state index >= 15 is 0 Å². The summed E-state index contributed by atoms with van der Waals surface area (Å²) >= 11 is 0. The van der Waals surface area contributed by atoms with Crippen LogP contribution in [-0.2, 0) is 16.4 Å². The lowest BCUT2D eigenvalue weighted by atomic mass is 9.97. The highest BCUT2D eigenvalue weighted by Gasteiger charge is 2.21. The van der Waals surface area contributed by atoms with Crippen LogP contribution < -0.4 is 5.46 Å². The fraction of sp³-hybridized carbons (Fsp3) is 0.188. The van der Waals surface area contributed by atoms with Gasteiger partial charge in [-0.05, 0) is 31.0 Å². The molecule has 0 atom stereocenters. The Balaban J connectivity index is 2.27. The molecule has 0 N–H and O–H groups in total. The second-order valence-electron chi connectivity index (χ2n) is 5.26. The van der Waals surface area contributed by atoms with Gasteiger partial charge >= 0.3 is 0 Å². The molecule has 3 rings (SSSR count). The van der Waals surface area contributed by atoms with E-state index in [1.807, 2.05) is 13.8 Å². The van der Waals surface area contributed by atoms with Crippen LogP contribution in [0.25, 0.3) is 11.0 Å². The molecule has 3 aromatic rings. The predicted octanol–water partition coefficient (Wildman–Crippen LogP) is 1.94. The van der Waals surface area contributed by atoms with Crippen molar-refractivity contribution < 1.29 is 8.42 Å². The summed E-state index contributed by atoms with van der Waals surface area (Å²) in [5.74, 6) is 0. The Morgan fingerprint density at radius 1 is 1.23 bits per heavy atom. The summed E-state index contributed by atoms with van der Waals surface area (Å²) in [6.45, 7) is 3.89. The molecule has 0 aliphatic rings. The van der Waals surface area contributed by atoms with Crippen molar-refractivity contribution in [2.24, 2.45) is 0 Å². The topological polar surface area (TPSA) is 52.0 Å². The lowest BCUT2D eigenvalue weighted by molar-refractivity contribution is 0.588. The van der Waals surface area contributed by atoms with Crippen molar-refractivity contribution in [2.75, 3.05) is 0 Å². The molecule has 4 nitrogen and oxygen atoms in total. The molecule has 2 heterocycles. The number of rotatable bonds is 3. The van der Waals surface area contributed by atoms with Gasteiger partial charge in [0.2, 0.25) is 0 Å². The largest absolute Gasteiger partial charge is 0.269 e. The molecular formula is C16H15BN2O2S. The van der Waals surface area contributed by atoms with E-state index in [0.29, 0.717) is 17.5 Å². The zero-order valence-corrected chi connectivity index (χ0v) is 13.3. The van der Waals surface area contributed by atoms with E-state index in [1.165, 1.54) is 10.2 Å². The number of pyridine rings is 1. The van der Waals surface area contributed by atoms with Crippen molar-refractivity contribution in [3.63, 3.8) is 0 Å². The van der Waals surface area contributed by atoms with Crippen molar-refractivity contribution in [1.82, 2.24) is 8.96 Å². The lowest BCUT2D eigenvalue weighted by Gasteiger charge is -2.07. The summed E-state index contributed by atoms with van der Waals surface area (Å²) < 4.78 is 27.0. The first-order valence-electron chi connectivity index (χ1n) is 7.01. The van der Waals surface area contributed by atoms with Gasteiger partial charge in [-0.15, -0.1) is 0 Å². The van der Waals surface area contributed by atoms with Gasteiger partial charge in [-0.25, -0.2) is 17.4 Å². The van der Waals surface area contributed by atoms with Crippen LogP contribution in [0.4, 0.5) is 0 Å². The standard InChI is InChI=1S/C16H15BN2O2S/c1-3-12-10-19(16-15(12)8-13(17)9-18-16)22(20,21)14-6-4-11(2)5-7-14/h4-10H,3H2,1-2H3. The molecule has 0 aliphatic heterocycles. The van der Waals surface area contributed by atoms with E-state index in [2.05, 4.69) is 4.98 Å². The molecule has 1 aromatic carbocycles. The third kappa shape index (κ3) is 2.33. The third-order valence-corrected chi connectivity index (χ3v) is 5.34. The van der Waals surface area contributed by atoms with Crippen molar-refractivity contribution in [3.8, 4) is 0 Å². The number of benzene rings is 1. The summed E-state index contributed by atoms with van der Waals surface area (Å²) in [6, 6.07) is 8.55. The van der Waals surface area contributed by atoms with Crippen LogP contribution in [0.15, 0.2) is 47.6 Å². The molecule has 0 spiro atoms. The molecule has 22 heavy (non-hydrogen) atoms. The predicted molar refractivity (Wildman–Crippen MR) is 88.3 cm³/mol. The summed E-state index contributed by atoms with van der Waals surface area (Å²) in [5.41, 5.74) is 2.85. The van der Waals surface area contributed by atoms with Gasteiger partial charge in [0.1, 0.15) is 7.85 Å². The molecule has 6 heteroatoms. The van der Waals surface area contributed by atoms with Gasteiger partial charge in [0.25, 0.3) is 10.0 Å². The first-order chi connectivity index (χ1) is 10.4. The Morgan fingerprint density at radius 2 is 1.91 bits per heavy atom. The molecule has 0 saturated carbocycles. The highest BCUT2D eigenvalue weighted by atomic mass is 32.2. The second kappa shape index (κ2) is 5.28. The number of hydrogen-bond acceptors (Lipinski definition) is 3. The smallest absolute Gasteiger partial charge is 0.238 e. The molecule has 0 amide bonds.